The first-order chi connectivity index (χ1) is 7.97. The van der Waals surface area contributed by atoms with Gasteiger partial charge >= 0.3 is 6.18 Å². The molecule has 0 bridgehead atoms. The van der Waals surface area contributed by atoms with Crippen LogP contribution in [0.25, 0.3) is 0 Å². The molecule has 0 unspecified atom stereocenters. The van der Waals surface area contributed by atoms with E-state index in [0.29, 0.717) is 5.56 Å². The van der Waals surface area contributed by atoms with Gasteiger partial charge in [-0.15, -0.1) is 5.10 Å². The van der Waals surface area contributed by atoms with Gasteiger partial charge in [-0.1, -0.05) is 16.8 Å². The molecule has 0 spiro atoms. The van der Waals surface area contributed by atoms with Crippen LogP contribution in [-0.2, 0) is 12.7 Å². The zero-order chi connectivity index (χ0) is 12.5. The van der Waals surface area contributed by atoms with Crippen LogP contribution in [0.1, 0.15) is 11.1 Å². The van der Waals surface area contributed by atoms with E-state index in [1.54, 1.807) is 6.20 Å². The summed E-state index contributed by atoms with van der Waals surface area (Å²) in [5, 5.41) is 7.51. The molecule has 0 amide bonds. The average molecular weight is 262 g/mol. The van der Waals surface area contributed by atoms with Crippen molar-refractivity contribution in [3.63, 3.8) is 0 Å². The fraction of sp³-hybridized carbons (Fsp3) is 0.200. The van der Waals surface area contributed by atoms with Gasteiger partial charge < -0.3 is 0 Å². The molecule has 1 aromatic heterocycles. The van der Waals surface area contributed by atoms with Gasteiger partial charge in [0.1, 0.15) is 0 Å². The largest absolute Gasteiger partial charge is 0.416 e. The Hall–Kier alpha value is -1.56. The minimum absolute atomic E-state index is 0.156. The molecule has 0 aliphatic carbocycles. The lowest BCUT2D eigenvalue weighted by Gasteiger charge is -2.10. The summed E-state index contributed by atoms with van der Waals surface area (Å²) in [4.78, 5) is 0. The molecule has 0 radical (unpaired) electrons. The van der Waals surface area contributed by atoms with Gasteiger partial charge in [-0.05, 0) is 23.8 Å². The minimum Gasteiger partial charge on any atom is -0.248 e. The Balaban J connectivity index is 2.33. The van der Waals surface area contributed by atoms with Gasteiger partial charge in [-0.25, -0.2) is 4.68 Å². The van der Waals surface area contributed by atoms with Crippen molar-refractivity contribution in [2.24, 2.45) is 0 Å². The van der Waals surface area contributed by atoms with Crippen LogP contribution in [-0.4, -0.2) is 15.0 Å². The maximum absolute atomic E-state index is 12.5. The number of halogens is 4. The predicted octanol–water partition coefficient (Wildman–Crippen LogP) is 3.00. The van der Waals surface area contributed by atoms with Crippen LogP contribution < -0.4 is 0 Å². The van der Waals surface area contributed by atoms with Crippen molar-refractivity contribution in [3.8, 4) is 0 Å². The molecule has 0 saturated carbocycles. The Bertz CT molecular complexity index is 508. The molecular formula is C10H7ClF3N3. The summed E-state index contributed by atoms with van der Waals surface area (Å²) in [6.45, 7) is 0.156. The Kier molecular flexibility index (Phi) is 3.06. The van der Waals surface area contributed by atoms with E-state index >= 15 is 0 Å². The molecule has 2 rings (SSSR count). The highest BCUT2D eigenvalue weighted by molar-refractivity contribution is 6.31. The summed E-state index contributed by atoms with van der Waals surface area (Å²) in [5.74, 6) is 0. The zero-order valence-electron chi connectivity index (χ0n) is 8.45. The van der Waals surface area contributed by atoms with Gasteiger partial charge in [0.05, 0.1) is 18.3 Å². The van der Waals surface area contributed by atoms with Crippen molar-refractivity contribution < 1.29 is 13.2 Å². The first kappa shape index (κ1) is 11.9. The third-order valence-electron chi connectivity index (χ3n) is 2.18. The number of aromatic nitrogens is 3. The molecule has 0 fully saturated rings. The molecule has 0 atom stereocenters. The summed E-state index contributed by atoms with van der Waals surface area (Å²) in [6.07, 6.45) is -1.38. The molecule has 2 aromatic rings. The van der Waals surface area contributed by atoms with Crippen LogP contribution in [0, 0.1) is 0 Å². The SMILES string of the molecule is FC(F)(F)c1ccc(Cl)c(Cn2ccnn2)c1. The minimum atomic E-state index is -4.37. The second-order valence-corrected chi connectivity index (χ2v) is 3.81. The van der Waals surface area contributed by atoms with Crippen LogP contribution in [0.3, 0.4) is 0 Å². The molecule has 0 aliphatic rings. The molecule has 0 aliphatic heterocycles. The van der Waals surface area contributed by atoms with Crippen molar-refractivity contribution in [3.05, 3.63) is 46.7 Å². The highest BCUT2D eigenvalue weighted by Gasteiger charge is 2.30. The van der Waals surface area contributed by atoms with Gasteiger partial charge in [-0.2, -0.15) is 13.2 Å². The second kappa shape index (κ2) is 4.37. The number of benzene rings is 1. The second-order valence-electron chi connectivity index (χ2n) is 3.40. The summed E-state index contributed by atoms with van der Waals surface area (Å²) in [7, 11) is 0. The van der Waals surface area contributed by atoms with Crippen LogP contribution in [0.4, 0.5) is 13.2 Å². The zero-order valence-corrected chi connectivity index (χ0v) is 9.20. The van der Waals surface area contributed by atoms with Gasteiger partial charge in [0.2, 0.25) is 0 Å². The summed E-state index contributed by atoms with van der Waals surface area (Å²) in [5.41, 5.74) is -0.371. The van der Waals surface area contributed by atoms with Gasteiger partial charge in [0.25, 0.3) is 0 Å². The topological polar surface area (TPSA) is 30.7 Å². The molecule has 3 nitrogen and oxygen atoms in total. The fourth-order valence-electron chi connectivity index (χ4n) is 1.36. The first-order valence-corrected chi connectivity index (χ1v) is 5.04. The van der Waals surface area contributed by atoms with E-state index < -0.39 is 11.7 Å². The molecule has 17 heavy (non-hydrogen) atoms. The third-order valence-corrected chi connectivity index (χ3v) is 2.55. The lowest BCUT2D eigenvalue weighted by molar-refractivity contribution is -0.137. The van der Waals surface area contributed by atoms with Crippen LogP contribution in [0.15, 0.2) is 30.6 Å². The van der Waals surface area contributed by atoms with E-state index in [2.05, 4.69) is 10.3 Å². The normalized spacial score (nSPS) is 11.8. The average Bonchev–Trinajstić information content (AvgIpc) is 2.72. The standard InChI is InChI=1S/C10H7ClF3N3/c11-9-2-1-8(10(12,13)14)5-7(9)6-17-4-3-15-16-17/h1-5H,6H2. The van der Waals surface area contributed by atoms with E-state index in [-0.39, 0.29) is 11.6 Å². The quantitative estimate of drug-likeness (QED) is 0.832. The molecule has 0 saturated heterocycles. The van der Waals surface area contributed by atoms with E-state index in [1.165, 1.54) is 16.9 Å². The van der Waals surface area contributed by atoms with Gasteiger partial charge in [0.15, 0.2) is 0 Å². The summed E-state index contributed by atoms with van der Waals surface area (Å²) in [6, 6.07) is 3.20. The highest BCUT2D eigenvalue weighted by Crippen LogP contribution is 2.31. The van der Waals surface area contributed by atoms with E-state index in [4.69, 9.17) is 11.6 Å². The smallest absolute Gasteiger partial charge is 0.248 e. The van der Waals surface area contributed by atoms with Gasteiger partial charge in [0, 0.05) is 11.2 Å². The Morgan fingerprint density at radius 2 is 2.06 bits per heavy atom. The van der Waals surface area contributed by atoms with E-state index in [9.17, 15) is 13.2 Å². The number of hydrogen-bond donors (Lipinski definition) is 0. The van der Waals surface area contributed by atoms with Crippen molar-refractivity contribution in [1.82, 2.24) is 15.0 Å². The molecule has 1 aromatic carbocycles. The Morgan fingerprint density at radius 3 is 2.65 bits per heavy atom. The molecule has 0 N–H and O–H groups in total. The number of alkyl halides is 3. The van der Waals surface area contributed by atoms with Crippen molar-refractivity contribution in [2.75, 3.05) is 0 Å². The summed E-state index contributed by atoms with van der Waals surface area (Å²) < 4.78 is 38.9. The van der Waals surface area contributed by atoms with Crippen LogP contribution in [0.2, 0.25) is 5.02 Å². The number of rotatable bonds is 2. The number of hydrogen-bond acceptors (Lipinski definition) is 2. The molecule has 90 valence electrons. The summed E-state index contributed by atoms with van der Waals surface area (Å²) >= 11 is 5.83. The third kappa shape index (κ3) is 2.76. The lowest BCUT2D eigenvalue weighted by Crippen LogP contribution is -2.07. The lowest BCUT2D eigenvalue weighted by atomic mass is 10.1. The Labute approximate surface area is 99.8 Å². The molecule has 1 heterocycles. The van der Waals surface area contributed by atoms with E-state index in [0.717, 1.165) is 12.1 Å². The van der Waals surface area contributed by atoms with Gasteiger partial charge in [-0.3, -0.25) is 0 Å². The maximum atomic E-state index is 12.5. The first-order valence-electron chi connectivity index (χ1n) is 4.66. The number of nitrogens with zero attached hydrogens (tertiary/aromatic N) is 3. The van der Waals surface area contributed by atoms with Crippen LogP contribution in [0.5, 0.6) is 0 Å². The van der Waals surface area contributed by atoms with Crippen molar-refractivity contribution in [2.45, 2.75) is 12.7 Å². The monoisotopic (exact) mass is 261 g/mol. The van der Waals surface area contributed by atoms with Crippen LogP contribution >= 0.6 is 11.6 Å². The van der Waals surface area contributed by atoms with Crippen molar-refractivity contribution in [1.29, 1.82) is 0 Å². The Morgan fingerprint density at radius 1 is 1.29 bits per heavy atom. The maximum Gasteiger partial charge on any atom is 0.416 e. The predicted molar refractivity (Wildman–Crippen MR) is 55.6 cm³/mol. The molecule has 7 heteroatoms. The van der Waals surface area contributed by atoms with E-state index in [1.807, 2.05) is 0 Å². The highest BCUT2D eigenvalue weighted by atomic mass is 35.5. The fourth-order valence-corrected chi connectivity index (χ4v) is 1.54. The van der Waals surface area contributed by atoms with Crippen molar-refractivity contribution >= 4 is 11.6 Å². The molecular weight excluding hydrogens is 255 g/mol.